The third-order valence-corrected chi connectivity index (χ3v) is 5.43. The van der Waals surface area contributed by atoms with Crippen molar-refractivity contribution in [3.63, 3.8) is 0 Å². The maximum absolute atomic E-state index is 12.0. The summed E-state index contributed by atoms with van der Waals surface area (Å²) in [6.07, 6.45) is 8.68. The highest BCUT2D eigenvalue weighted by atomic mass is 35.5. The van der Waals surface area contributed by atoms with Gasteiger partial charge in [-0.1, -0.05) is 62.2 Å². The van der Waals surface area contributed by atoms with E-state index in [0.717, 1.165) is 24.6 Å². The van der Waals surface area contributed by atoms with E-state index < -0.39 is 5.91 Å². The molecule has 0 saturated heterocycles. The molecule has 2 rings (SSSR count). The minimum absolute atomic E-state index is 0.264. The van der Waals surface area contributed by atoms with Crippen LogP contribution in [-0.2, 0) is 9.59 Å². The van der Waals surface area contributed by atoms with E-state index in [1.54, 1.807) is 18.2 Å². The third kappa shape index (κ3) is 7.15. The van der Waals surface area contributed by atoms with Gasteiger partial charge < -0.3 is 10.1 Å². The van der Waals surface area contributed by atoms with Gasteiger partial charge in [0, 0.05) is 6.92 Å². The molecule has 2 amide bonds. The Kier molecular flexibility index (Phi) is 9.35. The van der Waals surface area contributed by atoms with E-state index in [1.165, 1.54) is 32.6 Å². The van der Waals surface area contributed by atoms with Crippen LogP contribution < -0.4 is 10.1 Å². The summed E-state index contributed by atoms with van der Waals surface area (Å²) in [6, 6.07) is 3.39. The van der Waals surface area contributed by atoms with Gasteiger partial charge in [-0.25, -0.2) is 0 Å². The number of amidine groups is 1. The molecule has 0 bridgehead atoms. The Morgan fingerprint density at radius 1 is 1.18 bits per heavy atom. The Labute approximate surface area is 179 Å². The molecule has 0 saturated carbocycles. The van der Waals surface area contributed by atoms with Gasteiger partial charge in [0.15, 0.2) is 10.9 Å². The monoisotopic (exact) mass is 442 g/mol. The lowest BCUT2D eigenvalue weighted by molar-refractivity contribution is -0.117. The molecule has 1 N–H and O–H groups in total. The molecule has 0 radical (unpaired) electrons. The lowest BCUT2D eigenvalue weighted by Gasteiger charge is -2.11. The summed E-state index contributed by atoms with van der Waals surface area (Å²) in [5.74, 6) is -0.234. The Bertz CT molecular complexity index is 771. The Balaban J connectivity index is 1.94. The van der Waals surface area contributed by atoms with E-state index in [-0.39, 0.29) is 11.1 Å². The Morgan fingerprint density at radius 3 is 2.46 bits per heavy atom. The summed E-state index contributed by atoms with van der Waals surface area (Å²) < 4.78 is 5.75. The van der Waals surface area contributed by atoms with Gasteiger partial charge in [0.05, 0.1) is 21.6 Å². The number of rotatable bonds is 9. The van der Waals surface area contributed by atoms with Crippen molar-refractivity contribution in [2.75, 3.05) is 6.61 Å². The fourth-order valence-corrected chi connectivity index (χ4v) is 4.09. The van der Waals surface area contributed by atoms with Crippen LogP contribution >= 0.6 is 35.0 Å². The number of aliphatic imine (C=N–C) groups is 1. The molecular weight excluding hydrogens is 419 g/mol. The van der Waals surface area contributed by atoms with Crippen LogP contribution in [0.3, 0.4) is 0 Å². The van der Waals surface area contributed by atoms with Crippen LogP contribution in [0.25, 0.3) is 6.08 Å². The van der Waals surface area contributed by atoms with Crippen LogP contribution in [0.4, 0.5) is 0 Å². The minimum Gasteiger partial charge on any atom is -0.490 e. The molecule has 0 fully saturated rings. The number of carbonyl (C=O) groups excluding carboxylic acids is 2. The maximum Gasteiger partial charge on any atom is 0.286 e. The number of hydrogen-bond donors (Lipinski definition) is 1. The summed E-state index contributed by atoms with van der Waals surface area (Å²) in [4.78, 5) is 27.2. The fraction of sp³-hybridized carbons (Fsp3) is 0.450. The van der Waals surface area contributed by atoms with Crippen molar-refractivity contribution in [3.05, 3.63) is 32.6 Å². The van der Waals surface area contributed by atoms with Crippen LogP contribution in [0.2, 0.25) is 10.0 Å². The van der Waals surface area contributed by atoms with Crippen molar-refractivity contribution >= 4 is 58.0 Å². The predicted octanol–water partition coefficient (Wildman–Crippen LogP) is 5.84. The molecule has 0 aromatic heterocycles. The molecule has 5 nitrogen and oxygen atoms in total. The molecule has 0 spiro atoms. The molecule has 1 heterocycles. The van der Waals surface area contributed by atoms with Crippen molar-refractivity contribution in [2.45, 2.75) is 52.4 Å². The molecule has 1 aliphatic heterocycles. The molecule has 8 heteroatoms. The zero-order chi connectivity index (χ0) is 20.5. The largest absolute Gasteiger partial charge is 0.490 e. The molecule has 28 heavy (non-hydrogen) atoms. The summed E-state index contributed by atoms with van der Waals surface area (Å²) >= 11 is 13.7. The lowest BCUT2D eigenvalue weighted by atomic mass is 10.1. The number of ether oxygens (including phenoxy) is 1. The van der Waals surface area contributed by atoms with Gasteiger partial charge in [-0.2, -0.15) is 4.99 Å². The number of unbranched alkanes of at least 4 members (excludes halogenated alkanes) is 5. The van der Waals surface area contributed by atoms with E-state index in [1.807, 2.05) is 0 Å². The zero-order valence-electron chi connectivity index (χ0n) is 16.0. The number of hydrogen-bond acceptors (Lipinski definition) is 4. The van der Waals surface area contributed by atoms with Crippen LogP contribution in [-0.4, -0.2) is 23.6 Å². The molecule has 0 aliphatic carbocycles. The van der Waals surface area contributed by atoms with Crippen LogP contribution in [0.5, 0.6) is 5.75 Å². The van der Waals surface area contributed by atoms with Gasteiger partial charge in [-0.3, -0.25) is 9.59 Å². The first-order valence-electron chi connectivity index (χ1n) is 9.32. The number of nitrogens with one attached hydrogen (secondary N) is 1. The number of benzene rings is 1. The van der Waals surface area contributed by atoms with E-state index >= 15 is 0 Å². The lowest BCUT2D eigenvalue weighted by Crippen LogP contribution is -2.23. The predicted molar refractivity (Wildman–Crippen MR) is 117 cm³/mol. The van der Waals surface area contributed by atoms with E-state index in [2.05, 4.69) is 17.2 Å². The van der Waals surface area contributed by atoms with Crippen molar-refractivity contribution < 1.29 is 14.3 Å². The second-order valence-electron chi connectivity index (χ2n) is 6.44. The first-order valence-corrected chi connectivity index (χ1v) is 10.9. The molecule has 152 valence electrons. The normalized spacial score (nSPS) is 15.1. The van der Waals surface area contributed by atoms with Gasteiger partial charge in [-0.15, -0.1) is 0 Å². The number of carbonyl (C=O) groups is 2. The minimum atomic E-state index is -0.413. The highest BCUT2D eigenvalue weighted by Crippen LogP contribution is 2.36. The van der Waals surface area contributed by atoms with Crippen LogP contribution in [0.1, 0.15) is 57.9 Å². The third-order valence-electron chi connectivity index (χ3n) is 3.97. The molecule has 1 aliphatic rings. The average molecular weight is 443 g/mol. The van der Waals surface area contributed by atoms with Crippen molar-refractivity contribution in [3.8, 4) is 5.75 Å². The molecule has 1 aromatic rings. The summed E-state index contributed by atoms with van der Waals surface area (Å²) in [5, 5.41) is 3.55. The van der Waals surface area contributed by atoms with E-state index in [4.69, 9.17) is 27.9 Å². The average Bonchev–Trinajstić information content (AvgIpc) is 2.94. The van der Waals surface area contributed by atoms with Crippen molar-refractivity contribution in [1.29, 1.82) is 0 Å². The number of thioether (sulfide) groups is 1. The second-order valence-corrected chi connectivity index (χ2v) is 8.29. The van der Waals surface area contributed by atoms with Gasteiger partial charge >= 0.3 is 0 Å². The van der Waals surface area contributed by atoms with Gasteiger partial charge in [-0.05, 0) is 42.0 Å². The smallest absolute Gasteiger partial charge is 0.286 e. The molecular formula is C20H24Cl2N2O3S. The van der Waals surface area contributed by atoms with Crippen molar-refractivity contribution in [1.82, 2.24) is 5.32 Å². The van der Waals surface area contributed by atoms with E-state index in [0.29, 0.717) is 32.9 Å². The molecule has 0 atom stereocenters. The topological polar surface area (TPSA) is 67.8 Å². The van der Waals surface area contributed by atoms with E-state index in [9.17, 15) is 9.59 Å². The quantitative estimate of drug-likeness (QED) is 0.385. The number of nitrogens with zero attached hydrogens (tertiary/aromatic N) is 1. The maximum atomic E-state index is 12.0. The highest BCUT2D eigenvalue weighted by molar-refractivity contribution is 8.18. The first-order chi connectivity index (χ1) is 13.4. The standard InChI is InChI=1S/C20H24Cl2N2O3S/c1-3-4-5-6-7-8-9-27-18-15(21)10-14(11-16(18)22)12-17-19(26)24-20(28-17)23-13(2)25/h10-12H,3-9H2,1-2H3,(H,23,24,25,26)/b17-12+. The summed E-state index contributed by atoms with van der Waals surface area (Å²) in [5.41, 5.74) is 0.664. The summed E-state index contributed by atoms with van der Waals surface area (Å²) in [7, 11) is 0. The Hall–Kier alpha value is -1.50. The van der Waals surface area contributed by atoms with Gasteiger partial charge in [0.1, 0.15) is 0 Å². The summed E-state index contributed by atoms with van der Waals surface area (Å²) in [6.45, 7) is 4.12. The fourth-order valence-electron chi connectivity index (χ4n) is 2.62. The van der Waals surface area contributed by atoms with Crippen LogP contribution in [0.15, 0.2) is 22.0 Å². The van der Waals surface area contributed by atoms with Gasteiger partial charge in [0.2, 0.25) is 5.91 Å². The SMILES string of the molecule is CCCCCCCCOc1c(Cl)cc(/C=C2/SC(NC(C)=O)=NC2=O)cc1Cl. The second kappa shape index (κ2) is 11.5. The Morgan fingerprint density at radius 2 is 1.82 bits per heavy atom. The van der Waals surface area contributed by atoms with Crippen LogP contribution in [0, 0.1) is 0 Å². The zero-order valence-corrected chi connectivity index (χ0v) is 18.3. The van der Waals surface area contributed by atoms with Gasteiger partial charge in [0.25, 0.3) is 5.91 Å². The first kappa shape index (κ1) is 22.8. The molecule has 0 unspecified atom stereocenters. The number of halogens is 2. The van der Waals surface area contributed by atoms with Crippen molar-refractivity contribution in [2.24, 2.45) is 4.99 Å². The number of amides is 2. The molecule has 1 aromatic carbocycles. The highest BCUT2D eigenvalue weighted by Gasteiger charge is 2.22.